The largest absolute Gasteiger partial charge is 0.480 e. The van der Waals surface area contributed by atoms with Gasteiger partial charge in [-0.2, -0.15) is 0 Å². The minimum Gasteiger partial charge on any atom is -0.480 e. The first-order valence-corrected chi connectivity index (χ1v) is 6.49. The maximum absolute atomic E-state index is 11.7. The summed E-state index contributed by atoms with van der Waals surface area (Å²) in [5.74, 6) is -1.81. The number of amides is 3. The smallest absolute Gasteiger partial charge is 0.326 e. The average molecular weight is 293 g/mol. The molecule has 114 valence electrons. The summed E-state index contributed by atoms with van der Waals surface area (Å²) in [5, 5.41) is 13.8. The molecule has 1 rings (SSSR count). The number of urea groups is 1. The normalized spacial score (nSPS) is 11.5. The van der Waals surface area contributed by atoms with Crippen LogP contribution in [0.5, 0.6) is 0 Å². The summed E-state index contributed by atoms with van der Waals surface area (Å²) in [7, 11) is 0. The maximum Gasteiger partial charge on any atom is 0.326 e. The van der Waals surface area contributed by atoms with Crippen LogP contribution in [0.4, 0.5) is 4.79 Å². The Morgan fingerprint density at radius 3 is 2.62 bits per heavy atom. The van der Waals surface area contributed by atoms with Crippen molar-refractivity contribution >= 4 is 17.9 Å². The van der Waals surface area contributed by atoms with Gasteiger partial charge in [0.05, 0.1) is 0 Å². The van der Waals surface area contributed by atoms with Crippen LogP contribution in [-0.2, 0) is 16.1 Å². The van der Waals surface area contributed by atoms with Gasteiger partial charge in [0.25, 0.3) is 0 Å². The van der Waals surface area contributed by atoms with Gasteiger partial charge in [-0.1, -0.05) is 29.8 Å². The molecule has 0 spiro atoms. The summed E-state index contributed by atoms with van der Waals surface area (Å²) in [6.07, 6.45) is -0.141. The Balaban J connectivity index is 2.46. The van der Waals surface area contributed by atoms with Crippen molar-refractivity contribution in [3.05, 3.63) is 35.4 Å². The monoisotopic (exact) mass is 293 g/mol. The first kappa shape index (κ1) is 16.5. The third kappa shape index (κ3) is 6.42. The molecule has 5 N–H and O–H groups in total. The Hall–Kier alpha value is -2.57. The van der Waals surface area contributed by atoms with Crippen LogP contribution in [0, 0.1) is 6.92 Å². The van der Waals surface area contributed by atoms with Crippen molar-refractivity contribution in [1.29, 1.82) is 0 Å². The standard InChI is InChI=1S/C14H19N3O4/c1-9-3-2-4-10(7-9)8-16-14(21)17-11(13(19)20)5-6-12(15)18/h2-4,7,11H,5-6,8H2,1H3,(H2,15,18)(H,19,20)(H2,16,17,21). The predicted molar refractivity (Wildman–Crippen MR) is 76.4 cm³/mol. The molecule has 0 saturated carbocycles. The number of hydrogen-bond acceptors (Lipinski definition) is 3. The van der Waals surface area contributed by atoms with Gasteiger partial charge in [-0.3, -0.25) is 4.79 Å². The van der Waals surface area contributed by atoms with Gasteiger partial charge in [-0.25, -0.2) is 9.59 Å². The number of nitrogens with two attached hydrogens (primary N) is 1. The molecule has 0 bridgehead atoms. The lowest BCUT2D eigenvalue weighted by Crippen LogP contribution is -2.46. The van der Waals surface area contributed by atoms with Gasteiger partial charge < -0.3 is 21.5 Å². The summed E-state index contributed by atoms with van der Waals surface area (Å²) >= 11 is 0. The molecule has 0 radical (unpaired) electrons. The van der Waals surface area contributed by atoms with E-state index in [-0.39, 0.29) is 19.4 Å². The van der Waals surface area contributed by atoms with E-state index in [9.17, 15) is 14.4 Å². The van der Waals surface area contributed by atoms with E-state index in [1.54, 1.807) is 0 Å². The summed E-state index contributed by atoms with van der Waals surface area (Å²) in [5.41, 5.74) is 6.94. The van der Waals surface area contributed by atoms with E-state index in [0.29, 0.717) is 0 Å². The van der Waals surface area contributed by atoms with Crippen molar-refractivity contribution in [3.8, 4) is 0 Å². The number of carbonyl (C=O) groups excluding carboxylic acids is 2. The number of aliphatic carboxylic acids is 1. The number of hydrogen-bond donors (Lipinski definition) is 4. The van der Waals surface area contributed by atoms with Crippen molar-refractivity contribution in [2.45, 2.75) is 32.4 Å². The zero-order valence-electron chi connectivity index (χ0n) is 11.8. The fraction of sp³-hybridized carbons (Fsp3) is 0.357. The van der Waals surface area contributed by atoms with Gasteiger partial charge in [-0.05, 0) is 18.9 Å². The van der Waals surface area contributed by atoms with E-state index in [1.165, 1.54) is 0 Å². The quantitative estimate of drug-likeness (QED) is 0.585. The molecule has 0 saturated heterocycles. The highest BCUT2D eigenvalue weighted by molar-refractivity contribution is 5.83. The van der Waals surface area contributed by atoms with Crippen molar-refractivity contribution in [1.82, 2.24) is 10.6 Å². The van der Waals surface area contributed by atoms with Crippen molar-refractivity contribution in [3.63, 3.8) is 0 Å². The summed E-state index contributed by atoms with van der Waals surface area (Å²) in [6.45, 7) is 2.23. The van der Waals surface area contributed by atoms with E-state index >= 15 is 0 Å². The molecule has 1 aromatic rings. The lowest BCUT2D eigenvalue weighted by Gasteiger charge is -2.14. The molecule has 1 atom stereocenters. The van der Waals surface area contributed by atoms with Gasteiger partial charge >= 0.3 is 12.0 Å². The number of benzene rings is 1. The molecule has 7 heteroatoms. The predicted octanol–water partition coefficient (Wildman–Crippen LogP) is 0.513. The fourth-order valence-corrected chi connectivity index (χ4v) is 1.76. The third-order valence-corrected chi connectivity index (χ3v) is 2.82. The van der Waals surface area contributed by atoms with Crippen LogP contribution in [0.2, 0.25) is 0 Å². The number of aryl methyl sites for hydroxylation is 1. The first-order valence-electron chi connectivity index (χ1n) is 6.49. The average Bonchev–Trinajstić information content (AvgIpc) is 2.40. The van der Waals surface area contributed by atoms with Crippen LogP contribution < -0.4 is 16.4 Å². The lowest BCUT2D eigenvalue weighted by atomic mass is 10.1. The first-order chi connectivity index (χ1) is 9.88. The summed E-state index contributed by atoms with van der Waals surface area (Å²) in [4.78, 5) is 33.3. The molecular formula is C14H19N3O4. The molecule has 21 heavy (non-hydrogen) atoms. The Morgan fingerprint density at radius 2 is 2.05 bits per heavy atom. The van der Waals surface area contributed by atoms with Crippen molar-refractivity contribution < 1.29 is 19.5 Å². The number of carboxylic acids is 1. The molecular weight excluding hydrogens is 274 g/mol. The Kier molecular flexibility index (Phi) is 6.19. The van der Waals surface area contributed by atoms with E-state index in [1.807, 2.05) is 31.2 Å². The SMILES string of the molecule is Cc1cccc(CNC(=O)NC(CCC(N)=O)C(=O)O)c1. The molecule has 0 aliphatic heterocycles. The van der Waals surface area contributed by atoms with E-state index in [2.05, 4.69) is 10.6 Å². The molecule has 0 aliphatic rings. The molecule has 3 amide bonds. The number of primary amides is 1. The third-order valence-electron chi connectivity index (χ3n) is 2.82. The zero-order chi connectivity index (χ0) is 15.8. The Bertz CT molecular complexity index is 531. The van der Waals surface area contributed by atoms with Gasteiger partial charge in [0.15, 0.2) is 0 Å². The number of carbonyl (C=O) groups is 3. The van der Waals surface area contributed by atoms with Crippen LogP contribution in [0.25, 0.3) is 0 Å². The minimum atomic E-state index is -1.21. The van der Waals surface area contributed by atoms with E-state index in [4.69, 9.17) is 10.8 Å². The molecule has 0 heterocycles. The molecule has 0 aliphatic carbocycles. The number of nitrogens with one attached hydrogen (secondary N) is 2. The molecule has 1 aromatic carbocycles. The number of carboxylic acid groups (broad SMARTS) is 1. The van der Waals surface area contributed by atoms with Crippen molar-refractivity contribution in [2.75, 3.05) is 0 Å². The topological polar surface area (TPSA) is 122 Å². The van der Waals surface area contributed by atoms with Crippen LogP contribution >= 0.6 is 0 Å². The molecule has 0 fully saturated rings. The highest BCUT2D eigenvalue weighted by Gasteiger charge is 2.20. The lowest BCUT2D eigenvalue weighted by molar-refractivity contribution is -0.139. The van der Waals surface area contributed by atoms with Gasteiger partial charge in [0.1, 0.15) is 6.04 Å². The van der Waals surface area contributed by atoms with E-state index < -0.39 is 23.9 Å². The van der Waals surface area contributed by atoms with Crippen molar-refractivity contribution in [2.24, 2.45) is 5.73 Å². The zero-order valence-corrected chi connectivity index (χ0v) is 11.8. The van der Waals surface area contributed by atoms with Gasteiger partial charge in [-0.15, -0.1) is 0 Å². The van der Waals surface area contributed by atoms with E-state index in [0.717, 1.165) is 11.1 Å². The second-order valence-electron chi connectivity index (χ2n) is 4.71. The Labute approximate surface area is 122 Å². The highest BCUT2D eigenvalue weighted by atomic mass is 16.4. The van der Waals surface area contributed by atoms with Crippen LogP contribution in [0.3, 0.4) is 0 Å². The van der Waals surface area contributed by atoms with Crippen LogP contribution in [-0.4, -0.2) is 29.1 Å². The van der Waals surface area contributed by atoms with Crippen LogP contribution in [0.1, 0.15) is 24.0 Å². The van der Waals surface area contributed by atoms with Gasteiger partial charge in [0.2, 0.25) is 5.91 Å². The number of rotatable bonds is 7. The highest BCUT2D eigenvalue weighted by Crippen LogP contribution is 2.03. The summed E-state index contributed by atoms with van der Waals surface area (Å²) < 4.78 is 0. The second-order valence-corrected chi connectivity index (χ2v) is 4.71. The fourth-order valence-electron chi connectivity index (χ4n) is 1.76. The second kappa shape index (κ2) is 7.88. The molecule has 0 aromatic heterocycles. The minimum absolute atomic E-state index is 0.0392. The molecule has 7 nitrogen and oxygen atoms in total. The molecule has 1 unspecified atom stereocenters. The maximum atomic E-state index is 11.7. The Morgan fingerprint density at radius 1 is 1.33 bits per heavy atom. The van der Waals surface area contributed by atoms with Crippen LogP contribution in [0.15, 0.2) is 24.3 Å². The van der Waals surface area contributed by atoms with Gasteiger partial charge in [0, 0.05) is 13.0 Å². The summed E-state index contributed by atoms with van der Waals surface area (Å²) in [6, 6.07) is 5.84.